The standard InChI is InChI=1S/C7H12N2O/c1-3-6(10)7-8-4-5-9(7)2/h4-6,10H,3H2,1-2H3/t6-/m0/s1. The molecule has 0 unspecified atom stereocenters. The van der Waals surface area contributed by atoms with Crippen molar-refractivity contribution in [3.63, 3.8) is 0 Å². The molecular weight excluding hydrogens is 128 g/mol. The summed E-state index contributed by atoms with van der Waals surface area (Å²) in [6, 6.07) is 0. The van der Waals surface area contributed by atoms with Gasteiger partial charge in [0.15, 0.2) is 0 Å². The maximum Gasteiger partial charge on any atom is 0.137 e. The molecule has 1 aromatic heterocycles. The van der Waals surface area contributed by atoms with Crippen LogP contribution in [0.5, 0.6) is 0 Å². The fourth-order valence-corrected chi connectivity index (χ4v) is 0.881. The molecule has 0 saturated heterocycles. The van der Waals surface area contributed by atoms with Gasteiger partial charge in [-0.05, 0) is 6.42 Å². The number of hydrogen-bond acceptors (Lipinski definition) is 2. The third kappa shape index (κ3) is 1.19. The molecule has 3 heteroatoms. The summed E-state index contributed by atoms with van der Waals surface area (Å²) in [6.07, 6.45) is 3.81. The fraction of sp³-hybridized carbons (Fsp3) is 0.571. The van der Waals surface area contributed by atoms with Gasteiger partial charge in [-0.2, -0.15) is 0 Å². The Balaban J connectivity index is 2.82. The highest BCUT2D eigenvalue weighted by molar-refractivity contribution is 4.94. The van der Waals surface area contributed by atoms with Crippen molar-refractivity contribution in [3.05, 3.63) is 18.2 Å². The van der Waals surface area contributed by atoms with Crippen molar-refractivity contribution in [3.8, 4) is 0 Å². The summed E-state index contributed by atoms with van der Waals surface area (Å²) >= 11 is 0. The van der Waals surface area contributed by atoms with Crippen molar-refractivity contribution in [2.45, 2.75) is 19.4 Å². The molecule has 1 N–H and O–H groups in total. The summed E-state index contributed by atoms with van der Waals surface area (Å²) in [4.78, 5) is 4.00. The SMILES string of the molecule is CC[C@H](O)c1nccn1C. The van der Waals surface area contributed by atoms with Crippen molar-refractivity contribution in [2.75, 3.05) is 0 Å². The second kappa shape index (κ2) is 2.84. The Kier molecular flexibility index (Phi) is 2.06. The van der Waals surface area contributed by atoms with Gasteiger partial charge in [-0.1, -0.05) is 6.92 Å². The van der Waals surface area contributed by atoms with E-state index in [1.807, 2.05) is 24.7 Å². The molecule has 0 aromatic carbocycles. The van der Waals surface area contributed by atoms with Crippen molar-refractivity contribution < 1.29 is 5.11 Å². The van der Waals surface area contributed by atoms with E-state index < -0.39 is 6.10 Å². The Morgan fingerprint density at radius 1 is 1.80 bits per heavy atom. The Bertz CT molecular complexity index is 207. The van der Waals surface area contributed by atoms with Crippen LogP contribution in [0, 0.1) is 0 Å². The topological polar surface area (TPSA) is 38.1 Å². The summed E-state index contributed by atoms with van der Waals surface area (Å²) in [5.41, 5.74) is 0. The van der Waals surface area contributed by atoms with E-state index in [1.165, 1.54) is 0 Å². The molecule has 1 heterocycles. The van der Waals surface area contributed by atoms with E-state index in [2.05, 4.69) is 4.98 Å². The second-order valence-corrected chi connectivity index (χ2v) is 2.32. The first-order valence-corrected chi connectivity index (χ1v) is 3.41. The van der Waals surface area contributed by atoms with E-state index in [1.54, 1.807) is 6.20 Å². The molecule has 10 heavy (non-hydrogen) atoms. The Labute approximate surface area is 60.3 Å². The minimum absolute atomic E-state index is 0.417. The van der Waals surface area contributed by atoms with Crippen LogP contribution in [0.4, 0.5) is 0 Å². The molecule has 0 amide bonds. The highest BCUT2D eigenvalue weighted by Crippen LogP contribution is 2.11. The highest BCUT2D eigenvalue weighted by atomic mass is 16.3. The average Bonchev–Trinajstić information content (AvgIpc) is 2.34. The van der Waals surface area contributed by atoms with Crippen molar-refractivity contribution >= 4 is 0 Å². The molecule has 0 bridgehead atoms. The molecule has 0 aliphatic carbocycles. The van der Waals surface area contributed by atoms with Gasteiger partial charge in [-0.3, -0.25) is 0 Å². The van der Waals surface area contributed by atoms with Crippen LogP contribution in [0.2, 0.25) is 0 Å². The van der Waals surface area contributed by atoms with Crippen molar-refractivity contribution in [1.82, 2.24) is 9.55 Å². The maximum absolute atomic E-state index is 9.32. The first-order valence-electron chi connectivity index (χ1n) is 3.41. The van der Waals surface area contributed by atoms with Crippen LogP contribution < -0.4 is 0 Å². The largest absolute Gasteiger partial charge is 0.385 e. The van der Waals surface area contributed by atoms with E-state index in [4.69, 9.17) is 0 Å². The third-order valence-electron chi connectivity index (χ3n) is 1.54. The van der Waals surface area contributed by atoms with Gasteiger partial charge in [0, 0.05) is 19.4 Å². The van der Waals surface area contributed by atoms with Gasteiger partial charge in [0.05, 0.1) is 0 Å². The lowest BCUT2D eigenvalue weighted by molar-refractivity contribution is 0.160. The summed E-state index contributed by atoms with van der Waals surface area (Å²) in [5.74, 6) is 0.738. The lowest BCUT2D eigenvalue weighted by Gasteiger charge is -2.05. The molecule has 0 aliphatic heterocycles. The number of nitrogens with zero attached hydrogens (tertiary/aromatic N) is 2. The number of aliphatic hydroxyl groups excluding tert-OH is 1. The van der Waals surface area contributed by atoms with Crippen LogP contribution >= 0.6 is 0 Å². The molecule has 1 aromatic rings. The number of hydrogen-bond donors (Lipinski definition) is 1. The van der Waals surface area contributed by atoms with Crippen LogP contribution in [-0.2, 0) is 7.05 Å². The van der Waals surface area contributed by atoms with E-state index in [9.17, 15) is 5.11 Å². The second-order valence-electron chi connectivity index (χ2n) is 2.32. The van der Waals surface area contributed by atoms with Crippen LogP contribution in [0.25, 0.3) is 0 Å². The molecule has 0 fully saturated rings. The Morgan fingerprint density at radius 3 is 2.90 bits per heavy atom. The molecule has 0 aliphatic rings. The molecule has 56 valence electrons. The fourth-order valence-electron chi connectivity index (χ4n) is 0.881. The van der Waals surface area contributed by atoms with Crippen LogP contribution in [0.1, 0.15) is 25.3 Å². The van der Waals surface area contributed by atoms with Crippen molar-refractivity contribution in [1.29, 1.82) is 0 Å². The zero-order valence-electron chi connectivity index (χ0n) is 6.28. The van der Waals surface area contributed by atoms with Gasteiger partial charge in [0.25, 0.3) is 0 Å². The van der Waals surface area contributed by atoms with Gasteiger partial charge >= 0.3 is 0 Å². The number of rotatable bonds is 2. The lowest BCUT2D eigenvalue weighted by Crippen LogP contribution is -2.03. The molecule has 0 radical (unpaired) electrons. The van der Waals surface area contributed by atoms with Crippen molar-refractivity contribution in [2.24, 2.45) is 7.05 Å². The zero-order chi connectivity index (χ0) is 7.56. The summed E-state index contributed by atoms with van der Waals surface area (Å²) < 4.78 is 1.83. The Morgan fingerprint density at radius 2 is 2.50 bits per heavy atom. The minimum atomic E-state index is -0.417. The van der Waals surface area contributed by atoms with E-state index in [0.29, 0.717) is 6.42 Å². The number of imidazole rings is 1. The number of aromatic nitrogens is 2. The normalized spacial score (nSPS) is 13.5. The minimum Gasteiger partial charge on any atom is -0.385 e. The number of aryl methyl sites for hydroxylation is 1. The highest BCUT2D eigenvalue weighted by Gasteiger charge is 2.07. The number of aliphatic hydroxyl groups is 1. The molecule has 0 spiro atoms. The average molecular weight is 140 g/mol. The van der Waals surface area contributed by atoms with Crippen LogP contribution in [-0.4, -0.2) is 14.7 Å². The lowest BCUT2D eigenvalue weighted by atomic mass is 10.3. The molecule has 3 nitrogen and oxygen atoms in total. The van der Waals surface area contributed by atoms with E-state index in [-0.39, 0.29) is 0 Å². The predicted molar refractivity (Wildman–Crippen MR) is 38.5 cm³/mol. The van der Waals surface area contributed by atoms with E-state index in [0.717, 1.165) is 5.82 Å². The van der Waals surface area contributed by atoms with Gasteiger partial charge in [-0.25, -0.2) is 4.98 Å². The maximum atomic E-state index is 9.32. The monoisotopic (exact) mass is 140 g/mol. The summed E-state index contributed by atoms with van der Waals surface area (Å²) in [5, 5.41) is 9.32. The Hall–Kier alpha value is -0.830. The van der Waals surface area contributed by atoms with Crippen LogP contribution in [0.3, 0.4) is 0 Å². The molecule has 1 atom stereocenters. The van der Waals surface area contributed by atoms with Gasteiger partial charge in [0.1, 0.15) is 11.9 Å². The van der Waals surface area contributed by atoms with E-state index >= 15 is 0 Å². The predicted octanol–water partition coefficient (Wildman–Crippen LogP) is 0.863. The summed E-state index contributed by atoms with van der Waals surface area (Å²) in [7, 11) is 1.88. The van der Waals surface area contributed by atoms with Gasteiger partial charge in [-0.15, -0.1) is 0 Å². The smallest absolute Gasteiger partial charge is 0.137 e. The van der Waals surface area contributed by atoms with Gasteiger partial charge in [0.2, 0.25) is 0 Å². The first-order chi connectivity index (χ1) is 4.75. The van der Waals surface area contributed by atoms with Crippen LogP contribution in [0.15, 0.2) is 12.4 Å². The molecular formula is C7H12N2O. The first kappa shape index (κ1) is 7.28. The molecule has 1 rings (SSSR count). The van der Waals surface area contributed by atoms with Gasteiger partial charge < -0.3 is 9.67 Å². The summed E-state index contributed by atoms with van der Waals surface area (Å²) in [6.45, 7) is 1.93. The zero-order valence-corrected chi connectivity index (χ0v) is 6.28. The third-order valence-corrected chi connectivity index (χ3v) is 1.54. The quantitative estimate of drug-likeness (QED) is 0.661. The molecule has 0 saturated carbocycles.